The van der Waals surface area contributed by atoms with Crippen molar-refractivity contribution in [2.45, 2.75) is 33.6 Å². The number of ether oxygens (including phenoxy) is 2. The predicted octanol–water partition coefficient (Wildman–Crippen LogP) is 6.70. The van der Waals surface area contributed by atoms with E-state index in [2.05, 4.69) is 38.1 Å². The molecule has 0 spiro atoms. The molecule has 0 unspecified atom stereocenters. The van der Waals surface area contributed by atoms with E-state index >= 15 is 0 Å². The summed E-state index contributed by atoms with van der Waals surface area (Å²) < 4.78 is 12.0. The third kappa shape index (κ3) is 4.42. The van der Waals surface area contributed by atoms with Crippen LogP contribution in [0, 0.1) is 6.92 Å². The van der Waals surface area contributed by atoms with Gasteiger partial charge in [0.2, 0.25) is 0 Å². The molecule has 0 amide bonds. The lowest BCUT2D eigenvalue weighted by molar-refractivity contribution is 0.465. The summed E-state index contributed by atoms with van der Waals surface area (Å²) in [4.78, 5) is 0. The van der Waals surface area contributed by atoms with E-state index in [9.17, 15) is 0 Å². The van der Waals surface area contributed by atoms with Crippen LogP contribution in [0.3, 0.4) is 0 Å². The van der Waals surface area contributed by atoms with Crippen LogP contribution in [-0.2, 0) is 12.8 Å². The van der Waals surface area contributed by atoms with Crippen LogP contribution in [0.25, 0.3) is 0 Å². The molecule has 0 N–H and O–H groups in total. The minimum Gasteiger partial charge on any atom is -0.457 e. The standard InChI is InChI=1S/C23H24O2/c1-4-18-8-6-10-20(15-18)24-22-12-13-23(17(3)14-22)25-21-11-7-9-19(5-2)16-21/h6-16H,4-5H2,1-3H3. The fraction of sp³-hybridized carbons (Fsp3) is 0.217. The van der Waals surface area contributed by atoms with Gasteiger partial charge in [-0.25, -0.2) is 0 Å². The summed E-state index contributed by atoms with van der Waals surface area (Å²) in [6.45, 7) is 6.32. The van der Waals surface area contributed by atoms with E-state index in [1.165, 1.54) is 11.1 Å². The first-order valence-corrected chi connectivity index (χ1v) is 8.82. The minimum atomic E-state index is 0.820. The molecular weight excluding hydrogens is 308 g/mol. The van der Waals surface area contributed by atoms with Crippen molar-refractivity contribution < 1.29 is 9.47 Å². The van der Waals surface area contributed by atoms with Crippen molar-refractivity contribution in [3.63, 3.8) is 0 Å². The van der Waals surface area contributed by atoms with Gasteiger partial charge in [0.15, 0.2) is 0 Å². The summed E-state index contributed by atoms with van der Waals surface area (Å²) in [5, 5.41) is 0. The highest BCUT2D eigenvalue weighted by Gasteiger charge is 2.06. The normalized spacial score (nSPS) is 10.5. The second-order valence-corrected chi connectivity index (χ2v) is 6.13. The van der Waals surface area contributed by atoms with Gasteiger partial charge in [-0.2, -0.15) is 0 Å². The zero-order valence-corrected chi connectivity index (χ0v) is 15.1. The van der Waals surface area contributed by atoms with Gasteiger partial charge in [-0.15, -0.1) is 0 Å². The Kier molecular flexibility index (Phi) is 5.39. The maximum absolute atomic E-state index is 6.04. The van der Waals surface area contributed by atoms with E-state index in [0.29, 0.717) is 0 Å². The van der Waals surface area contributed by atoms with Gasteiger partial charge in [0, 0.05) is 0 Å². The van der Waals surface area contributed by atoms with Crippen molar-refractivity contribution in [2.75, 3.05) is 0 Å². The van der Waals surface area contributed by atoms with Crippen LogP contribution in [0.15, 0.2) is 66.7 Å². The average Bonchev–Trinajstić information content (AvgIpc) is 2.64. The number of hydrogen-bond acceptors (Lipinski definition) is 2. The molecule has 3 aromatic rings. The van der Waals surface area contributed by atoms with Gasteiger partial charge >= 0.3 is 0 Å². The fourth-order valence-corrected chi connectivity index (χ4v) is 2.72. The molecule has 0 fully saturated rings. The highest BCUT2D eigenvalue weighted by molar-refractivity contribution is 5.44. The molecule has 3 rings (SSSR count). The van der Waals surface area contributed by atoms with E-state index in [0.717, 1.165) is 41.4 Å². The zero-order chi connectivity index (χ0) is 17.6. The van der Waals surface area contributed by atoms with Crippen molar-refractivity contribution >= 4 is 0 Å². The molecule has 0 saturated carbocycles. The lowest BCUT2D eigenvalue weighted by Gasteiger charge is -2.12. The van der Waals surface area contributed by atoms with Crippen molar-refractivity contribution in [1.29, 1.82) is 0 Å². The average molecular weight is 332 g/mol. The molecule has 0 aliphatic rings. The molecule has 0 aromatic heterocycles. The summed E-state index contributed by atoms with van der Waals surface area (Å²) >= 11 is 0. The lowest BCUT2D eigenvalue weighted by Crippen LogP contribution is -1.91. The Hall–Kier alpha value is -2.74. The van der Waals surface area contributed by atoms with Crippen LogP contribution in [0.4, 0.5) is 0 Å². The number of benzene rings is 3. The largest absolute Gasteiger partial charge is 0.457 e. The SMILES string of the molecule is CCc1cccc(Oc2ccc(Oc3cccc(CC)c3)c(C)c2)c1. The number of hydrogen-bond donors (Lipinski definition) is 0. The van der Waals surface area contributed by atoms with Crippen LogP contribution in [0.2, 0.25) is 0 Å². The third-order valence-corrected chi connectivity index (χ3v) is 4.22. The summed E-state index contributed by atoms with van der Waals surface area (Å²) in [7, 11) is 0. The Bertz CT molecular complexity index is 852. The van der Waals surface area contributed by atoms with Crippen molar-refractivity contribution in [3.05, 3.63) is 83.4 Å². The Balaban J connectivity index is 1.76. The highest BCUT2D eigenvalue weighted by atomic mass is 16.5. The highest BCUT2D eigenvalue weighted by Crippen LogP contribution is 2.31. The molecule has 0 radical (unpaired) electrons. The zero-order valence-electron chi connectivity index (χ0n) is 15.1. The van der Waals surface area contributed by atoms with E-state index < -0.39 is 0 Å². The van der Waals surface area contributed by atoms with Gasteiger partial charge in [-0.05, 0) is 78.9 Å². The second kappa shape index (κ2) is 7.89. The smallest absolute Gasteiger partial charge is 0.130 e. The topological polar surface area (TPSA) is 18.5 Å². The summed E-state index contributed by atoms with van der Waals surface area (Å²) in [6, 6.07) is 22.3. The molecule has 0 saturated heterocycles. The molecular formula is C23H24O2. The van der Waals surface area contributed by atoms with E-state index in [4.69, 9.17) is 9.47 Å². The molecule has 128 valence electrons. The van der Waals surface area contributed by atoms with Crippen LogP contribution in [0.1, 0.15) is 30.5 Å². The fourth-order valence-electron chi connectivity index (χ4n) is 2.72. The Morgan fingerprint density at radius 3 is 1.76 bits per heavy atom. The quantitative estimate of drug-likeness (QED) is 0.500. The Morgan fingerprint density at radius 1 is 0.640 bits per heavy atom. The Labute approximate surface area is 150 Å². The molecule has 3 aromatic carbocycles. The first-order valence-electron chi connectivity index (χ1n) is 8.82. The maximum Gasteiger partial charge on any atom is 0.130 e. The molecule has 0 aliphatic heterocycles. The van der Waals surface area contributed by atoms with Crippen LogP contribution >= 0.6 is 0 Å². The Morgan fingerprint density at radius 2 is 1.20 bits per heavy atom. The van der Waals surface area contributed by atoms with Crippen molar-refractivity contribution in [2.24, 2.45) is 0 Å². The van der Waals surface area contributed by atoms with Crippen molar-refractivity contribution in [3.8, 4) is 23.0 Å². The first-order chi connectivity index (χ1) is 12.2. The van der Waals surface area contributed by atoms with E-state index in [-0.39, 0.29) is 0 Å². The summed E-state index contributed by atoms with van der Waals surface area (Å²) in [5.74, 6) is 3.40. The number of aryl methyl sites for hydroxylation is 3. The summed E-state index contributed by atoms with van der Waals surface area (Å²) in [6.07, 6.45) is 2.00. The van der Waals surface area contributed by atoms with Gasteiger partial charge in [-0.1, -0.05) is 38.1 Å². The molecule has 25 heavy (non-hydrogen) atoms. The van der Waals surface area contributed by atoms with Crippen molar-refractivity contribution in [1.82, 2.24) is 0 Å². The predicted molar refractivity (Wildman–Crippen MR) is 103 cm³/mol. The first kappa shape index (κ1) is 17.1. The minimum absolute atomic E-state index is 0.820. The molecule has 0 atom stereocenters. The molecule has 0 aliphatic carbocycles. The lowest BCUT2D eigenvalue weighted by atomic mass is 10.1. The molecule has 2 heteroatoms. The van der Waals surface area contributed by atoms with Crippen LogP contribution < -0.4 is 9.47 Å². The van der Waals surface area contributed by atoms with Gasteiger partial charge < -0.3 is 9.47 Å². The van der Waals surface area contributed by atoms with Crippen LogP contribution in [0.5, 0.6) is 23.0 Å². The van der Waals surface area contributed by atoms with Gasteiger partial charge in [0.05, 0.1) is 0 Å². The van der Waals surface area contributed by atoms with Crippen LogP contribution in [-0.4, -0.2) is 0 Å². The monoisotopic (exact) mass is 332 g/mol. The molecule has 2 nitrogen and oxygen atoms in total. The van der Waals surface area contributed by atoms with Gasteiger partial charge in [0.25, 0.3) is 0 Å². The van der Waals surface area contributed by atoms with E-state index in [1.807, 2.05) is 49.4 Å². The molecule has 0 heterocycles. The maximum atomic E-state index is 6.04. The van der Waals surface area contributed by atoms with E-state index in [1.54, 1.807) is 0 Å². The second-order valence-electron chi connectivity index (χ2n) is 6.13. The molecule has 0 bridgehead atoms. The number of rotatable bonds is 6. The van der Waals surface area contributed by atoms with Gasteiger partial charge in [-0.3, -0.25) is 0 Å². The summed E-state index contributed by atoms with van der Waals surface area (Å²) in [5.41, 5.74) is 3.59. The van der Waals surface area contributed by atoms with Gasteiger partial charge in [0.1, 0.15) is 23.0 Å². The third-order valence-electron chi connectivity index (χ3n) is 4.22.